The third kappa shape index (κ3) is 3.06. The molecule has 0 aromatic rings. The number of carbonyl (C=O) groups excluding carboxylic acids is 2. The fourth-order valence-electron chi connectivity index (χ4n) is 3.16. The zero-order valence-electron chi connectivity index (χ0n) is 10.7. The molecule has 100 valence electrons. The monoisotopic (exact) mass is 252 g/mol. The Bertz CT molecular complexity index is 305. The molecular weight excluding hydrogens is 230 g/mol. The molecule has 0 heterocycles. The fourth-order valence-corrected chi connectivity index (χ4v) is 3.16. The van der Waals surface area contributed by atoms with Gasteiger partial charge >= 0.3 is 6.29 Å². The standard InChI is InChI=1S/C14H21NO3/c16-9-10-5-1-2-6-11(10)14(18)15-12-7-3-4-8-13(12)17/h10-13,17H,1-8H2/p+1. The lowest BCUT2D eigenvalue weighted by molar-refractivity contribution is -0.128. The first-order valence-electron chi connectivity index (χ1n) is 7.08. The van der Waals surface area contributed by atoms with E-state index in [0.717, 1.165) is 51.4 Å². The molecule has 4 heteroatoms. The average Bonchev–Trinajstić information content (AvgIpc) is 2.41. The van der Waals surface area contributed by atoms with E-state index >= 15 is 0 Å². The van der Waals surface area contributed by atoms with Gasteiger partial charge in [0.05, 0.1) is 18.1 Å². The van der Waals surface area contributed by atoms with Gasteiger partial charge in [-0.15, -0.1) is 0 Å². The minimum absolute atomic E-state index is 0.0611. The van der Waals surface area contributed by atoms with E-state index in [0.29, 0.717) is 0 Å². The van der Waals surface area contributed by atoms with Crippen LogP contribution >= 0.6 is 0 Å². The van der Waals surface area contributed by atoms with Crippen LogP contribution in [0.25, 0.3) is 0 Å². The van der Waals surface area contributed by atoms with Crippen LogP contribution in [0.15, 0.2) is 0 Å². The molecule has 2 rings (SSSR count). The van der Waals surface area contributed by atoms with E-state index in [1.54, 1.807) is 0 Å². The van der Waals surface area contributed by atoms with Crippen molar-refractivity contribution in [3.63, 3.8) is 0 Å². The third-order valence-corrected chi connectivity index (χ3v) is 4.31. The van der Waals surface area contributed by atoms with Crippen molar-refractivity contribution in [3.8, 4) is 0 Å². The number of hydrogen-bond acceptors (Lipinski definition) is 3. The van der Waals surface area contributed by atoms with Crippen molar-refractivity contribution in [1.29, 1.82) is 0 Å². The van der Waals surface area contributed by atoms with E-state index in [2.05, 4.69) is 5.32 Å². The highest BCUT2D eigenvalue weighted by atomic mass is 16.3. The molecule has 1 amide bonds. The number of nitrogens with one attached hydrogen (secondary N) is 1. The Morgan fingerprint density at radius 1 is 1.06 bits per heavy atom. The highest BCUT2D eigenvalue weighted by Crippen LogP contribution is 2.29. The maximum Gasteiger partial charge on any atom is 0.510 e. The minimum Gasteiger partial charge on any atom is -0.391 e. The molecule has 0 aromatic carbocycles. The van der Waals surface area contributed by atoms with Crippen molar-refractivity contribution in [2.45, 2.75) is 63.5 Å². The summed E-state index contributed by atoms with van der Waals surface area (Å²) in [7, 11) is 0. The summed E-state index contributed by atoms with van der Waals surface area (Å²) < 4.78 is 0. The predicted octanol–water partition coefficient (Wildman–Crippen LogP) is 1.32. The third-order valence-electron chi connectivity index (χ3n) is 4.31. The summed E-state index contributed by atoms with van der Waals surface area (Å²) in [6.07, 6.45) is 8.83. The Balaban J connectivity index is 1.91. The Labute approximate surface area is 108 Å². The maximum absolute atomic E-state index is 12.2. The first-order valence-corrected chi connectivity index (χ1v) is 7.08. The van der Waals surface area contributed by atoms with Gasteiger partial charge in [0.2, 0.25) is 11.8 Å². The van der Waals surface area contributed by atoms with Crippen LogP contribution in [0.4, 0.5) is 0 Å². The first kappa shape index (κ1) is 13.4. The number of rotatable bonds is 3. The summed E-state index contributed by atoms with van der Waals surface area (Å²) in [4.78, 5) is 23.1. The highest BCUT2D eigenvalue weighted by Gasteiger charge is 2.41. The Hall–Kier alpha value is -0.990. The van der Waals surface area contributed by atoms with E-state index in [9.17, 15) is 14.7 Å². The summed E-state index contributed by atoms with van der Waals surface area (Å²) >= 11 is 0. The summed E-state index contributed by atoms with van der Waals surface area (Å²) in [6.45, 7) is 0. The molecule has 4 unspecified atom stereocenters. The van der Waals surface area contributed by atoms with E-state index in [-0.39, 0.29) is 23.8 Å². The molecule has 0 aliphatic heterocycles. The van der Waals surface area contributed by atoms with Gasteiger partial charge in [0, 0.05) is 11.2 Å². The molecule has 18 heavy (non-hydrogen) atoms. The molecular formula is C14H22NO3+. The lowest BCUT2D eigenvalue weighted by Crippen LogP contribution is -2.48. The molecule has 2 N–H and O–H groups in total. The van der Waals surface area contributed by atoms with Gasteiger partial charge in [0.1, 0.15) is 0 Å². The molecule has 2 fully saturated rings. The Morgan fingerprint density at radius 2 is 1.72 bits per heavy atom. The lowest BCUT2D eigenvalue weighted by atomic mass is 9.79. The molecule has 4 atom stereocenters. The molecule has 2 aliphatic carbocycles. The second-order valence-corrected chi connectivity index (χ2v) is 5.58. The van der Waals surface area contributed by atoms with Crippen molar-refractivity contribution < 1.29 is 14.7 Å². The van der Waals surface area contributed by atoms with Crippen LogP contribution in [0, 0.1) is 11.8 Å². The summed E-state index contributed by atoms with van der Waals surface area (Å²) in [6, 6.07) is -0.125. The number of amides is 1. The van der Waals surface area contributed by atoms with E-state index in [1.165, 1.54) is 0 Å². The van der Waals surface area contributed by atoms with Crippen molar-refractivity contribution in [3.05, 3.63) is 0 Å². The van der Waals surface area contributed by atoms with Crippen molar-refractivity contribution in [2.24, 2.45) is 11.8 Å². The molecule has 0 aromatic heterocycles. The van der Waals surface area contributed by atoms with Crippen LogP contribution in [0.2, 0.25) is 0 Å². The number of aliphatic hydroxyl groups excluding tert-OH is 1. The van der Waals surface area contributed by atoms with Crippen LogP contribution < -0.4 is 5.32 Å². The fraction of sp³-hybridized carbons (Fsp3) is 0.857. The smallest absolute Gasteiger partial charge is 0.391 e. The van der Waals surface area contributed by atoms with Gasteiger partial charge in [-0.25, -0.2) is 0 Å². The van der Waals surface area contributed by atoms with Gasteiger partial charge in [-0.3, -0.25) is 4.79 Å². The molecule has 2 aliphatic rings. The number of hydrogen-bond donors (Lipinski definition) is 2. The van der Waals surface area contributed by atoms with Crippen LogP contribution in [-0.2, 0) is 9.59 Å². The first-order chi connectivity index (χ1) is 8.72. The second kappa shape index (κ2) is 6.26. The summed E-state index contributed by atoms with van der Waals surface area (Å²) in [5, 5.41) is 12.8. The van der Waals surface area contributed by atoms with E-state index in [4.69, 9.17) is 0 Å². The van der Waals surface area contributed by atoms with Gasteiger partial charge in [0.15, 0.2) is 0 Å². The van der Waals surface area contributed by atoms with Crippen LogP contribution in [-0.4, -0.2) is 29.4 Å². The molecule has 0 bridgehead atoms. The second-order valence-electron chi connectivity index (χ2n) is 5.58. The molecule has 4 nitrogen and oxygen atoms in total. The predicted molar refractivity (Wildman–Crippen MR) is 67.5 cm³/mol. The van der Waals surface area contributed by atoms with Crippen molar-refractivity contribution in [1.82, 2.24) is 5.32 Å². The SMILES string of the molecule is O=[C+]C1CCCCC1C(=O)NC1CCCCC1O. The molecule has 2 saturated carbocycles. The average molecular weight is 252 g/mol. The summed E-state index contributed by atoms with van der Waals surface area (Å²) in [5.74, 6) is -0.543. The van der Waals surface area contributed by atoms with Crippen molar-refractivity contribution >= 4 is 12.2 Å². The maximum atomic E-state index is 12.2. The van der Waals surface area contributed by atoms with Gasteiger partial charge in [-0.1, -0.05) is 19.3 Å². The van der Waals surface area contributed by atoms with Crippen LogP contribution in [0.3, 0.4) is 0 Å². The highest BCUT2D eigenvalue weighted by molar-refractivity contribution is 5.82. The van der Waals surface area contributed by atoms with Gasteiger partial charge in [0.25, 0.3) is 0 Å². The number of carbonyl (C=O) groups is 1. The largest absolute Gasteiger partial charge is 0.510 e. The topological polar surface area (TPSA) is 66.4 Å². The Morgan fingerprint density at radius 3 is 2.44 bits per heavy atom. The Kier molecular flexibility index (Phi) is 4.67. The zero-order valence-corrected chi connectivity index (χ0v) is 10.7. The van der Waals surface area contributed by atoms with Crippen LogP contribution in [0.5, 0.6) is 0 Å². The van der Waals surface area contributed by atoms with Crippen molar-refractivity contribution in [2.75, 3.05) is 0 Å². The van der Waals surface area contributed by atoms with Gasteiger partial charge in [-0.05, 0) is 25.7 Å². The summed E-state index contributed by atoms with van der Waals surface area (Å²) in [5.41, 5.74) is 0. The zero-order chi connectivity index (χ0) is 13.0. The van der Waals surface area contributed by atoms with Crippen LogP contribution in [0.1, 0.15) is 51.4 Å². The molecule has 0 spiro atoms. The quantitative estimate of drug-likeness (QED) is 0.744. The normalized spacial score (nSPS) is 36.7. The van der Waals surface area contributed by atoms with E-state index < -0.39 is 6.10 Å². The number of aliphatic hydroxyl groups is 1. The lowest BCUT2D eigenvalue weighted by Gasteiger charge is -2.30. The van der Waals surface area contributed by atoms with E-state index in [1.807, 2.05) is 6.29 Å². The van der Waals surface area contributed by atoms with Gasteiger partial charge in [-0.2, -0.15) is 0 Å². The minimum atomic E-state index is -0.426. The molecule has 0 saturated heterocycles. The van der Waals surface area contributed by atoms with Gasteiger partial charge < -0.3 is 10.4 Å². The molecule has 0 radical (unpaired) electrons.